The molecule has 0 amide bonds. The van der Waals surface area contributed by atoms with Crippen LogP contribution >= 0.6 is 0 Å². The molecule has 0 aromatic heterocycles. The van der Waals surface area contributed by atoms with Crippen LogP contribution in [0.15, 0.2) is 25.3 Å². The van der Waals surface area contributed by atoms with Crippen molar-refractivity contribution < 1.29 is 17.5 Å². The first-order chi connectivity index (χ1) is 6.33. The number of rotatable bonds is 7. The standard InChI is InChI=1S/C9H17NO3S/c1-4-6-10(3,7-5-2)8-9-14(11,12)13/h4-5H,1-2,6-9H2,3H3/p+1. The highest BCUT2D eigenvalue weighted by atomic mass is 32.2. The summed E-state index contributed by atoms with van der Waals surface area (Å²) in [7, 11) is -1.98. The first-order valence-corrected chi connectivity index (χ1v) is 5.94. The highest BCUT2D eigenvalue weighted by Gasteiger charge is 2.20. The monoisotopic (exact) mass is 220 g/mol. The second-order valence-corrected chi connectivity index (χ2v) is 5.14. The van der Waals surface area contributed by atoms with E-state index in [1.54, 1.807) is 12.2 Å². The number of nitrogens with zero attached hydrogens (tertiary/aromatic N) is 1. The number of quaternary nitrogens is 1. The van der Waals surface area contributed by atoms with Gasteiger partial charge < -0.3 is 4.48 Å². The molecule has 0 aliphatic carbocycles. The predicted molar refractivity (Wildman–Crippen MR) is 57.6 cm³/mol. The van der Waals surface area contributed by atoms with Crippen molar-refractivity contribution in [2.24, 2.45) is 0 Å². The average molecular weight is 220 g/mol. The normalized spacial score (nSPS) is 12.4. The molecule has 0 saturated carbocycles. The summed E-state index contributed by atoms with van der Waals surface area (Å²) < 4.78 is 30.3. The van der Waals surface area contributed by atoms with Gasteiger partial charge in [-0.1, -0.05) is 13.2 Å². The largest absolute Gasteiger partial charge is 0.319 e. The predicted octanol–water partition coefficient (Wildman–Crippen LogP) is 0.693. The molecule has 0 rings (SSSR count). The minimum absolute atomic E-state index is 0.231. The Morgan fingerprint density at radius 3 is 2.00 bits per heavy atom. The third kappa shape index (κ3) is 5.90. The van der Waals surface area contributed by atoms with Gasteiger partial charge in [0.15, 0.2) is 0 Å². The fraction of sp³-hybridized carbons (Fsp3) is 0.556. The van der Waals surface area contributed by atoms with Crippen LogP contribution < -0.4 is 0 Å². The lowest BCUT2D eigenvalue weighted by atomic mass is 10.3. The summed E-state index contributed by atoms with van der Waals surface area (Å²) in [6, 6.07) is 0. The van der Waals surface area contributed by atoms with E-state index >= 15 is 0 Å². The van der Waals surface area contributed by atoms with Crippen LogP contribution in [0.3, 0.4) is 0 Å². The van der Waals surface area contributed by atoms with E-state index < -0.39 is 10.1 Å². The van der Waals surface area contributed by atoms with Gasteiger partial charge in [-0.3, -0.25) is 4.55 Å². The van der Waals surface area contributed by atoms with Crippen molar-refractivity contribution in [1.29, 1.82) is 0 Å². The van der Waals surface area contributed by atoms with Gasteiger partial charge in [-0.05, 0) is 12.2 Å². The van der Waals surface area contributed by atoms with Crippen LogP contribution in [0.2, 0.25) is 0 Å². The lowest BCUT2D eigenvalue weighted by molar-refractivity contribution is -0.895. The van der Waals surface area contributed by atoms with Gasteiger partial charge in [0.2, 0.25) is 0 Å². The molecule has 0 fully saturated rings. The molecule has 0 heterocycles. The molecule has 0 aliphatic heterocycles. The van der Waals surface area contributed by atoms with Gasteiger partial charge in [0.1, 0.15) is 5.75 Å². The minimum Gasteiger partial charge on any atom is -0.319 e. The Hall–Kier alpha value is -0.650. The SMILES string of the molecule is C=CC[N+](C)(CC=C)CCS(=O)(=O)O. The van der Waals surface area contributed by atoms with Crippen LogP contribution in [0, 0.1) is 0 Å². The maximum Gasteiger partial charge on any atom is 0.270 e. The molecule has 82 valence electrons. The maximum absolute atomic E-state index is 10.6. The first kappa shape index (κ1) is 13.4. The fourth-order valence-corrected chi connectivity index (χ4v) is 1.89. The van der Waals surface area contributed by atoms with Crippen LogP contribution in [0.1, 0.15) is 0 Å². The van der Waals surface area contributed by atoms with E-state index in [0.29, 0.717) is 24.1 Å². The molecule has 0 saturated heterocycles. The minimum atomic E-state index is -3.88. The van der Waals surface area contributed by atoms with Crippen molar-refractivity contribution in [1.82, 2.24) is 0 Å². The Balaban J connectivity index is 4.36. The average Bonchev–Trinajstić information content (AvgIpc) is 2.01. The van der Waals surface area contributed by atoms with Gasteiger partial charge in [-0.2, -0.15) is 8.42 Å². The molecule has 0 bridgehead atoms. The van der Waals surface area contributed by atoms with Crippen molar-refractivity contribution >= 4 is 10.1 Å². The summed E-state index contributed by atoms with van der Waals surface area (Å²) in [5.74, 6) is -0.231. The summed E-state index contributed by atoms with van der Waals surface area (Å²) in [4.78, 5) is 0. The Bertz CT molecular complexity index is 285. The van der Waals surface area contributed by atoms with E-state index in [2.05, 4.69) is 13.2 Å². The van der Waals surface area contributed by atoms with Gasteiger partial charge >= 0.3 is 0 Å². The number of hydrogen-bond donors (Lipinski definition) is 1. The summed E-state index contributed by atoms with van der Waals surface area (Å²) in [6.07, 6.45) is 3.46. The van der Waals surface area contributed by atoms with Crippen molar-refractivity contribution in [2.45, 2.75) is 0 Å². The molecule has 0 spiro atoms. The Labute approximate surface area is 85.9 Å². The van der Waals surface area contributed by atoms with Crippen molar-refractivity contribution in [3.8, 4) is 0 Å². The molecule has 0 aliphatic rings. The summed E-state index contributed by atoms with van der Waals surface area (Å²) in [6.45, 7) is 8.89. The number of hydrogen-bond acceptors (Lipinski definition) is 2. The van der Waals surface area contributed by atoms with E-state index in [-0.39, 0.29) is 5.75 Å². The Morgan fingerprint density at radius 2 is 1.71 bits per heavy atom. The summed E-state index contributed by atoms with van der Waals surface area (Å²) in [5.41, 5.74) is 0. The lowest BCUT2D eigenvalue weighted by Gasteiger charge is -2.31. The van der Waals surface area contributed by atoms with Gasteiger partial charge in [0.25, 0.3) is 10.1 Å². The molecule has 4 nitrogen and oxygen atoms in total. The van der Waals surface area contributed by atoms with Crippen molar-refractivity contribution in [3.05, 3.63) is 25.3 Å². The van der Waals surface area contributed by atoms with Crippen LogP contribution in [0.5, 0.6) is 0 Å². The molecule has 0 unspecified atom stereocenters. The van der Waals surface area contributed by atoms with Crippen LogP contribution in [-0.2, 0) is 10.1 Å². The van der Waals surface area contributed by atoms with Crippen LogP contribution in [0.25, 0.3) is 0 Å². The topological polar surface area (TPSA) is 54.4 Å². The molecule has 0 atom stereocenters. The third-order valence-corrected chi connectivity index (χ3v) is 2.73. The summed E-state index contributed by atoms with van der Waals surface area (Å²) >= 11 is 0. The van der Waals surface area contributed by atoms with Gasteiger partial charge in [0.05, 0.1) is 26.7 Å². The zero-order chi connectivity index (χ0) is 11.2. The van der Waals surface area contributed by atoms with Gasteiger partial charge in [-0.25, -0.2) is 0 Å². The van der Waals surface area contributed by atoms with Gasteiger partial charge in [-0.15, -0.1) is 0 Å². The lowest BCUT2D eigenvalue weighted by Crippen LogP contribution is -2.47. The number of likely N-dealkylation sites (N-methyl/N-ethyl adjacent to an activating group) is 1. The molecule has 0 aromatic rings. The Morgan fingerprint density at radius 1 is 1.29 bits per heavy atom. The zero-order valence-corrected chi connectivity index (χ0v) is 9.33. The smallest absolute Gasteiger partial charge is 0.270 e. The highest BCUT2D eigenvalue weighted by Crippen LogP contribution is 2.03. The molecule has 1 N–H and O–H groups in total. The second kappa shape index (κ2) is 5.29. The fourth-order valence-electron chi connectivity index (χ4n) is 1.22. The van der Waals surface area contributed by atoms with E-state index in [0.717, 1.165) is 0 Å². The van der Waals surface area contributed by atoms with Crippen LogP contribution in [-0.4, -0.2) is 49.9 Å². The molecule has 5 heteroatoms. The molecule has 14 heavy (non-hydrogen) atoms. The third-order valence-electron chi connectivity index (χ3n) is 2.03. The van der Waals surface area contributed by atoms with E-state index in [1.165, 1.54) is 0 Å². The molecular weight excluding hydrogens is 202 g/mol. The van der Waals surface area contributed by atoms with E-state index in [9.17, 15) is 8.42 Å². The first-order valence-electron chi connectivity index (χ1n) is 4.33. The molecule has 0 radical (unpaired) electrons. The van der Waals surface area contributed by atoms with Crippen LogP contribution in [0.4, 0.5) is 0 Å². The van der Waals surface area contributed by atoms with E-state index in [4.69, 9.17) is 4.55 Å². The second-order valence-electron chi connectivity index (χ2n) is 3.57. The summed E-state index contributed by atoms with van der Waals surface area (Å²) in [5, 5.41) is 0. The maximum atomic E-state index is 10.6. The Kier molecular flexibility index (Phi) is 5.04. The zero-order valence-electron chi connectivity index (χ0n) is 8.52. The van der Waals surface area contributed by atoms with Crippen molar-refractivity contribution in [3.63, 3.8) is 0 Å². The molecule has 0 aromatic carbocycles. The quantitative estimate of drug-likeness (QED) is 0.390. The highest BCUT2D eigenvalue weighted by molar-refractivity contribution is 7.85. The van der Waals surface area contributed by atoms with Gasteiger partial charge in [0, 0.05) is 0 Å². The van der Waals surface area contributed by atoms with E-state index in [1.807, 2.05) is 7.05 Å². The molecular formula is C9H18NO3S+. The van der Waals surface area contributed by atoms with Crippen molar-refractivity contribution in [2.75, 3.05) is 32.4 Å².